The standard InChI is InChI=1S/C16H22N2O5/c1-4-11(3)17-16(21)18-15(20)10-23-13-7-6-12(9-19)8-14(13)22-5-2/h6-9,11H,4-5,10H2,1-3H3,(H2,17,18,20,21)/t11-/m1/s1. The minimum atomic E-state index is -0.576. The minimum Gasteiger partial charge on any atom is -0.490 e. The highest BCUT2D eigenvalue weighted by atomic mass is 16.5. The molecule has 0 aliphatic rings. The molecule has 0 spiro atoms. The van der Waals surface area contributed by atoms with Gasteiger partial charge in [-0.3, -0.25) is 14.9 Å². The lowest BCUT2D eigenvalue weighted by atomic mass is 10.2. The average molecular weight is 322 g/mol. The molecule has 0 fully saturated rings. The third-order valence-electron chi connectivity index (χ3n) is 3.01. The monoisotopic (exact) mass is 322 g/mol. The van der Waals surface area contributed by atoms with Gasteiger partial charge in [0.05, 0.1) is 6.61 Å². The second kappa shape index (κ2) is 9.45. The predicted octanol–water partition coefficient (Wildman–Crippen LogP) is 1.90. The lowest BCUT2D eigenvalue weighted by molar-refractivity contribution is -0.122. The summed E-state index contributed by atoms with van der Waals surface area (Å²) in [7, 11) is 0. The number of rotatable bonds is 8. The van der Waals surface area contributed by atoms with E-state index in [9.17, 15) is 14.4 Å². The van der Waals surface area contributed by atoms with E-state index in [0.717, 1.165) is 6.42 Å². The largest absolute Gasteiger partial charge is 0.490 e. The minimum absolute atomic E-state index is 0.0239. The molecule has 2 N–H and O–H groups in total. The van der Waals surface area contributed by atoms with Crippen molar-refractivity contribution in [2.24, 2.45) is 0 Å². The van der Waals surface area contributed by atoms with E-state index >= 15 is 0 Å². The molecular weight excluding hydrogens is 300 g/mol. The third kappa shape index (κ3) is 6.37. The van der Waals surface area contributed by atoms with Gasteiger partial charge < -0.3 is 14.8 Å². The predicted molar refractivity (Wildman–Crippen MR) is 84.9 cm³/mol. The number of ether oxygens (including phenoxy) is 2. The van der Waals surface area contributed by atoms with Gasteiger partial charge in [-0.2, -0.15) is 0 Å². The molecule has 0 bridgehead atoms. The maximum atomic E-state index is 11.7. The first kappa shape index (κ1) is 18.5. The van der Waals surface area contributed by atoms with Gasteiger partial charge in [0, 0.05) is 11.6 Å². The molecular formula is C16H22N2O5. The van der Waals surface area contributed by atoms with Crippen LogP contribution in [0.4, 0.5) is 4.79 Å². The molecule has 1 aromatic rings. The van der Waals surface area contributed by atoms with Crippen molar-refractivity contribution in [3.8, 4) is 11.5 Å². The second-order valence-electron chi connectivity index (χ2n) is 4.88. The SMILES string of the molecule is CCOc1cc(C=O)ccc1OCC(=O)NC(=O)N[C@H](C)CC. The first-order valence-corrected chi connectivity index (χ1v) is 7.45. The molecule has 3 amide bonds. The van der Waals surface area contributed by atoms with Crippen LogP contribution in [-0.4, -0.2) is 37.5 Å². The number of nitrogens with one attached hydrogen (secondary N) is 2. The van der Waals surface area contributed by atoms with E-state index in [0.29, 0.717) is 30.0 Å². The highest BCUT2D eigenvalue weighted by Gasteiger charge is 2.12. The van der Waals surface area contributed by atoms with Crippen LogP contribution in [0.3, 0.4) is 0 Å². The molecule has 0 unspecified atom stereocenters. The molecule has 0 heterocycles. The van der Waals surface area contributed by atoms with Crippen molar-refractivity contribution < 1.29 is 23.9 Å². The summed E-state index contributed by atoms with van der Waals surface area (Å²) in [4.78, 5) is 34.0. The van der Waals surface area contributed by atoms with Gasteiger partial charge in [0.2, 0.25) is 0 Å². The number of aldehydes is 1. The number of amides is 3. The van der Waals surface area contributed by atoms with Crippen molar-refractivity contribution in [3.63, 3.8) is 0 Å². The van der Waals surface area contributed by atoms with Gasteiger partial charge in [-0.1, -0.05) is 6.92 Å². The fourth-order valence-corrected chi connectivity index (χ4v) is 1.65. The van der Waals surface area contributed by atoms with Crippen LogP contribution in [0.2, 0.25) is 0 Å². The summed E-state index contributed by atoms with van der Waals surface area (Å²) in [6, 6.07) is 4.04. The lowest BCUT2D eigenvalue weighted by Crippen LogP contribution is -2.44. The number of benzene rings is 1. The van der Waals surface area contributed by atoms with Crippen molar-refractivity contribution in [1.82, 2.24) is 10.6 Å². The Morgan fingerprint density at radius 1 is 1.22 bits per heavy atom. The van der Waals surface area contributed by atoms with Crippen molar-refractivity contribution in [2.45, 2.75) is 33.2 Å². The number of carbonyl (C=O) groups excluding carboxylic acids is 3. The molecule has 7 nitrogen and oxygen atoms in total. The Morgan fingerprint density at radius 3 is 2.57 bits per heavy atom. The van der Waals surface area contributed by atoms with Crippen LogP contribution in [0.5, 0.6) is 11.5 Å². The summed E-state index contributed by atoms with van der Waals surface area (Å²) < 4.78 is 10.7. The van der Waals surface area contributed by atoms with E-state index in [1.54, 1.807) is 19.1 Å². The quantitative estimate of drug-likeness (QED) is 0.713. The normalized spacial score (nSPS) is 11.3. The van der Waals surface area contributed by atoms with Crippen LogP contribution in [-0.2, 0) is 4.79 Å². The summed E-state index contributed by atoms with van der Waals surface area (Å²) in [5, 5.41) is 4.79. The van der Waals surface area contributed by atoms with Crippen LogP contribution in [0.25, 0.3) is 0 Å². The van der Waals surface area contributed by atoms with Gasteiger partial charge >= 0.3 is 6.03 Å². The average Bonchev–Trinajstić information content (AvgIpc) is 2.53. The van der Waals surface area contributed by atoms with Crippen molar-refractivity contribution in [1.29, 1.82) is 0 Å². The highest BCUT2D eigenvalue weighted by Crippen LogP contribution is 2.27. The van der Waals surface area contributed by atoms with Crippen LogP contribution in [0.15, 0.2) is 18.2 Å². The Kier molecular flexibility index (Phi) is 7.59. The van der Waals surface area contributed by atoms with E-state index in [1.807, 2.05) is 13.8 Å². The summed E-state index contributed by atoms with van der Waals surface area (Å²) in [6.07, 6.45) is 1.46. The van der Waals surface area contributed by atoms with E-state index in [4.69, 9.17) is 9.47 Å². The van der Waals surface area contributed by atoms with Gasteiger partial charge in [-0.05, 0) is 38.5 Å². The number of hydrogen-bond donors (Lipinski definition) is 2. The molecule has 0 saturated heterocycles. The maximum Gasteiger partial charge on any atom is 0.321 e. The number of hydrogen-bond acceptors (Lipinski definition) is 5. The molecule has 0 aliphatic heterocycles. The Morgan fingerprint density at radius 2 is 1.96 bits per heavy atom. The van der Waals surface area contributed by atoms with E-state index < -0.39 is 11.9 Å². The van der Waals surface area contributed by atoms with E-state index in [1.165, 1.54) is 6.07 Å². The Labute approximate surface area is 135 Å². The topological polar surface area (TPSA) is 93.7 Å². The summed E-state index contributed by atoms with van der Waals surface area (Å²) in [5.41, 5.74) is 0.443. The smallest absolute Gasteiger partial charge is 0.321 e. The zero-order valence-electron chi connectivity index (χ0n) is 13.5. The molecule has 0 aliphatic carbocycles. The van der Waals surface area contributed by atoms with Crippen molar-refractivity contribution >= 4 is 18.2 Å². The Hall–Kier alpha value is -2.57. The zero-order valence-corrected chi connectivity index (χ0v) is 13.5. The molecule has 1 rings (SSSR count). The van der Waals surface area contributed by atoms with Gasteiger partial charge in [-0.25, -0.2) is 4.79 Å². The van der Waals surface area contributed by atoms with Gasteiger partial charge in [0.15, 0.2) is 18.1 Å². The number of urea groups is 1. The van der Waals surface area contributed by atoms with Crippen LogP contribution >= 0.6 is 0 Å². The molecule has 7 heteroatoms. The zero-order chi connectivity index (χ0) is 17.2. The molecule has 126 valence electrons. The lowest BCUT2D eigenvalue weighted by Gasteiger charge is -2.13. The fraction of sp³-hybridized carbons (Fsp3) is 0.438. The summed E-state index contributed by atoms with van der Waals surface area (Å²) in [6.45, 7) is 5.61. The molecule has 23 heavy (non-hydrogen) atoms. The summed E-state index contributed by atoms with van der Waals surface area (Å²) >= 11 is 0. The van der Waals surface area contributed by atoms with Crippen LogP contribution in [0, 0.1) is 0 Å². The molecule has 0 saturated carbocycles. The van der Waals surface area contributed by atoms with E-state index in [-0.39, 0.29) is 12.6 Å². The van der Waals surface area contributed by atoms with Gasteiger partial charge in [0.1, 0.15) is 6.29 Å². The maximum absolute atomic E-state index is 11.7. The van der Waals surface area contributed by atoms with Crippen molar-refractivity contribution in [2.75, 3.05) is 13.2 Å². The number of imide groups is 1. The second-order valence-corrected chi connectivity index (χ2v) is 4.88. The Balaban J connectivity index is 2.58. The molecule has 0 radical (unpaired) electrons. The summed E-state index contributed by atoms with van der Waals surface area (Å²) in [5.74, 6) is 0.122. The highest BCUT2D eigenvalue weighted by molar-refractivity contribution is 5.95. The molecule has 1 atom stereocenters. The number of carbonyl (C=O) groups is 3. The first-order chi connectivity index (χ1) is 11.0. The third-order valence-corrected chi connectivity index (χ3v) is 3.01. The van der Waals surface area contributed by atoms with Crippen LogP contribution < -0.4 is 20.1 Å². The van der Waals surface area contributed by atoms with Gasteiger partial charge in [-0.15, -0.1) is 0 Å². The van der Waals surface area contributed by atoms with Crippen LogP contribution in [0.1, 0.15) is 37.6 Å². The molecule has 0 aromatic heterocycles. The van der Waals surface area contributed by atoms with E-state index in [2.05, 4.69) is 10.6 Å². The van der Waals surface area contributed by atoms with Crippen molar-refractivity contribution in [3.05, 3.63) is 23.8 Å². The first-order valence-electron chi connectivity index (χ1n) is 7.45. The fourth-order valence-electron chi connectivity index (χ4n) is 1.65. The Bertz CT molecular complexity index is 559. The molecule has 1 aromatic carbocycles. The van der Waals surface area contributed by atoms with Gasteiger partial charge in [0.25, 0.3) is 5.91 Å².